The molecule has 0 atom stereocenters. The van der Waals surface area contributed by atoms with E-state index in [1.807, 2.05) is 6.07 Å². The largest absolute Gasteiger partial charge is 0.282 e. The van der Waals surface area contributed by atoms with Crippen LogP contribution in [0.5, 0.6) is 0 Å². The summed E-state index contributed by atoms with van der Waals surface area (Å²) < 4.78 is 42.1. The van der Waals surface area contributed by atoms with Gasteiger partial charge in [-0.05, 0) is 6.07 Å². The van der Waals surface area contributed by atoms with E-state index in [-0.39, 0.29) is 10.3 Å². The second-order valence-electron chi connectivity index (χ2n) is 4.77. The molecule has 0 unspecified atom stereocenters. The molecule has 0 N–H and O–H groups in total. The minimum atomic E-state index is -1.65. The van der Waals surface area contributed by atoms with Gasteiger partial charge in [0.2, 0.25) is 4.96 Å². The van der Waals surface area contributed by atoms with Crippen LogP contribution in [-0.2, 0) is 0 Å². The van der Waals surface area contributed by atoms with Gasteiger partial charge in [-0.15, -0.1) is 0 Å². The van der Waals surface area contributed by atoms with Crippen LogP contribution < -0.4 is 5.56 Å². The summed E-state index contributed by atoms with van der Waals surface area (Å²) >= 11 is 1.06. The molecule has 2 heterocycles. The van der Waals surface area contributed by atoms with Crippen LogP contribution in [0, 0.1) is 17.5 Å². The molecule has 0 saturated heterocycles. The average molecular weight is 333 g/mol. The first kappa shape index (κ1) is 13.9. The van der Waals surface area contributed by atoms with Crippen LogP contribution in [0.15, 0.2) is 41.2 Å². The SMILES string of the molecule is O=c1nc2sc(-c3ccccc3)nn2c2c(F)c(F)c(F)cc12. The number of hydrogen-bond acceptors (Lipinski definition) is 4. The van der Waals surface area contributed by atoms with Gasteiger partial charge < -0.3 is 0 Å². The molecule has 4 nitrogen and oxygen atoms in total. The van der Waals surface area contributed by atoms with Crippen molar-refractivity contribution in [2.45, 2.75) is 0 Å². The second kappa shape index (κ2) is 4.88. The lowest BCUT2D eigenvalue weighted by Crippen LogP contribution is -2.12. The highest BCUT2D eigenvalue weighted by Crippen LogP contribution is 2.28. The number of fused-ring (bicyclic) bond motifs is 3. The predicted molar refractivity (Wildman–Crippen MR) is 80.0 cm³/mol. The van der Waals surface area contributed by atoms with Gasteiger partial charge in [0.15, 0.2) is 17.5 Å². The molecule has 0 saturated carbocycles. The minimum absolute atomic E-state index is 0.103. The maximum absolute atomic E-state index is 14.1. The molecule has 0 bridgehead atoms. The van der Waals surface area contributed by atoms with Gasteiger partial charge in [-0.25, -0.2) is 17.7 Å². The van der Waals surface area contributed by atoms with E-state index in [4.69, 9.17) is 0 Å². The average Bonchev–Trinajstić information content (AvgIpc) is 2.97. The number of nitrogens with zero attached hydrogens (tertiary/aromatic N) is 3. The van der Waals surface area contributed by atoms with Gasteiger partial charge in [-0.1, -0.05) is 41.7 Å². The Bertz CT molecular complexity index is 1120. The number of aromatic nitrogens is 3. The van der Waals surface area contributed by atoms with Gasteiger partial charge in [-0.3, -0.25) is 4.79 Å². The van der Waals surface area contributed by atoms with Crippen LogP contribution in [-0.4, -0.2) is 14.6 Å². The van der Waals surface area contributed by atoms with E-state index in [9.17, 15) is 18.0 Å². The Labute approximate surface area is 130 Å². The van der Waals surface area contributed by atoms with Gasteiger partial charge in [-0.2, -0.15) is 10.1 Å². The van der Waals surface area contributed by atoms with Crippen molar-refractivity contribution in [3.63, 3.8) is 0 Å². The molecule has 8 heteroatoms. The Hall–Kier alpha value is -2.74. The minimum Gasteiger partial charge on any atom is -0.267 e. The van der Waals surface area contributed by atoms with Crippen LogP contribution in [0.2, 0.25) is 0 Å². The summed E-state index contributed by atoms with van der Waals surface area (Å²) in [5.41, 5.74) is -0.509. The van der Waals surface area contributed by atoms with Crippen molar-refractivity contribution in [3.05, 3.63) is 64.2 Å². The molecule has 0 fully saturated rings. The van der Waals surface area contributed by atoms with Crippen LogP contribution in [0.4, 0.5) is 13.2 Å². The molecule has 2 aromatic heterocycles. The number of halogens is 3. The molecule has 23 heavy (non-hydrogen) atoms. The molecule has 0 aliphatic rings. The molecule has 114 valence electrons. The molecule has 0 spiro atoms. The van der Waals surface area contributed by atoms with Crippen LogP contribution in [0.25, 0.3) is 26.4 Å². The summed E-state index contributed by atoms with van der Waals surface area (Å²) in [6.07, 6.45) is 0. The van der Waals surface area contributed by atoms with E-state index in [2.05, 4.69) is 10.1 Å². The standard InChI is InChI=1S/C15H6F3N3OS/c16-9-6-8-12(11(18)10(9)17)21-15(19-13(8)22)23-14(20-21)7-4-2-1-3-5-7/h1-6H. The number of benzene rings is 2. The summed E-state index contributed by atoms with van der Waals surface area (Å²) in [5, 5.41) is 4.31. The third kappa shape index (κ3) is 2.02. The first-order valence-electron chi connectivity index (χ1n) is 6.49. The zero-order chi connectivity index (χ0) is 16.1. The van der Waals surface area contributed by atoms with Gasteiger partial charge in [0.05, 0.1) is 5.39 Å². The molecule has 0 amide bonds. The summed E-state index contributed by atoms with van der Waals surface area (Å²) in [7, 11) is 0. The topological polar surface area (TPSA) is 47.3 Å². The lowest BCUT2D eigenvalue weighted by molar-refractivity contribution is 0.451. The quantitative estimate of drug-likeness (QED) is 0.502. The van der Waals surface area contributed by atoms with Crippen molar-refractivity contribution in [3.8, 4) is 10.6 Å². The van der Waals surface area contributed by atoms with Gasteiger partial charge in [0, 0.05) is 5.56 Å². The highest BCUT2D eigenvalue weighted by molar-refractivity contribution is 7.19. The highest BCUT2D eigenvalue weighted by atomic mass is 32.1. The maximum atomic E-state index is 14.1. The van der Waals surface area contributed by atoms with Crippen molar-refractivity contribution < 1.29 is 13.2 Å². The van der Waals surface area contributed by atoms with Gasteiger partial charge in [0.25, 0.3) is 5.56 Å². The summed E-state index contributed by atoms with van der Waals surface area (Å²) in [6.45, 7) is 0. The second-order valence-corrected chi connectivity index (χ2v) is 5.72. The fraction of sp³-hybridized carbons (Fsp3) is 0. The van der Waals surface area contributed by atoms with E-state index < -0.39 is 28.5 Å². The van der Waals surface area contributed by atoms with E-state index in [1.54, 1.807) is 24.3 Å². The third-order valence-corrected chi connectivity index (χ3v) is 4.31. The summed E-state index contributed by atoms with van der Waals surface area (Å²) in [6, 6.07) is 9.63. The Kier molecular flexibility index (Phi) is 2.95. The smallest absolute Gasteiger partial charge is 0.267 e. The molecular weight excluding hydrogens is 327 g/mol. The monoisotopic (exact) mass is 333 g/mol. The van der Waals surface area contributed by atoms with Crippen molar-refractivity contribution >= 4 is 27.2 Å². The Morgan fingerprint density at radius 1 is 1.04 bits per heavy atom. The summed E-state index contributed by atoms with van der Waals surface area (Å²) in [5.74, 6) is -4.54. The highest BCUT2D eigenvalue weighted by Gasteiger charge is 2.20. The van der Waals surface area contributed by atoms with E-state index in [1.165, 1.54) is 0 Å². The molecule has 2 aromatic carbocycles. The normalized spacial score (nSPS) is 11.4. The van der Waals surface area contributed by atoms with Crippen molar-refractivity contribution in [1.29, 1.82) is 0 Å². The Morgan fingerprint density at radius 2 is 1.78 bits per heavy atom. The van der Waals surface area contributed by atoms with Gasteiger partial charge in [0.1, 0.15) is 10.5 Å². The zero-order valence-corrected chi connectivity index (χ0v) is 12.1. The van der Waals surface area contributed by atoms with Crippen LogP contribution in [0.1, 0.15) is 0 Å². The lowest BCUT2D eigenvalue weighted by atomic mass is 10.2. The number of rotatable bonds is 1. The first-order valence-corrected chi connectivity index (χ1v) is 7.30. The molecule has 0 aliphatic carbocycles. The molecule has 4 aromatic rings. The number of hydrogen-bond donors (Lipinski definition) is 0. The van der Waals surface area contributed by atoms with Crippen LogP contribution in [0.3, 0.4) is 0 Å². The maximum Gasteiger partial charge on any atom is 0.282 e. The fourth-order valence-corrected chi connectivity index (χ4v) is 3.20. The van der Waals surface area contributed by atoms with E-state index >= 15 is 0 Å². The fourth-order valence-electron chi connectivity index (χ4n) is 2.30. The van der Waals surface area contributed by atoms with Crippen molar-refractivity contribution in [1.82, 2.24) is 14.6 Å². The summed E-state index contributed by atoms with van der Waals surface area (Å²) in [4.78, 5) is 15.8. The third-order valence-electron chi connectivity index (χ3n) is 3.36. The van der Waals surface area contributed by atoms with Crippen molar-refractivity contribution in [2.24, 2.45) is 0 Å². The molecule has 4 rings (SSSR count). The first-order chi connectivity index (χ1) is 11.1. The zero-order valence-electron chi connectivity index (χ0n) is 11.3. The van der Waals surface area contributed by atoms with E-state index in [0.29, 0.717) is 11.1 Å². The van der Waals surface area contributed by atoms with Crippen LogP contribution >= 0.6 is 11.3 Å². The molecule has 0 aliphatic heterocycles. The van der Waals surface area contributed by atoms with E-state index in [0.717, 1.165) is 21.4 Å². The Morgan fingerprint density at radius 3 is 2.52 bits per heavy atom. The predicted octanol–water partition coefficient (Wildman–Crippen LogP) is 3.39. The Balaban J connectivity index is 2.15. The van der Waals surface area contributed by atoms with Crippen molar-refractivity contribution in [2.75, 3.05) is 0 Å². The lowest BCUT2D eigenvalue weighted by Gasteiger charge is -2.02. The molecule has 0 radical (unpaired) electrons. The molecular formula is C15H6F3N3OS. The van der Waals surface area contributed by atoms with Gasteiger partial charge >= 0.3 is 0 Å².